The van der Waals surface area contributed by atoms with Gasteiger partial charge in [0.25, 0.3) is 0 Å². The first kappa shape index (κ1) is 20.6. The van der Waals surface area contributed by atoms with E-state index >= 15 is 0 Å². The Morgan fingerprint density at radius 1 is 1.22 bits per heavy atom. The molecule has 2 aliphatic rings. The van der Waals surface area contributed by atoms with E-state index in [1.807, 2.05) is 6.92 Å². The zero-order chi connectivity index (χ0) is 19.5. The molecule has 1 aromatic rings. The quantitative estimate of drug-likeness (QED) is 0.772. The Labute approximate surface area is 166 Å². The van der Waals surface area contributed by atoms with Crippen molar-refractivity contribution >= 4 is 27.3 Å². The summed E-state index contributed by atoms with van der Waals surface area (Å²) >= 11 is 5.89. The normalized spacial score (nSPS) is 21.7. The van der Waals surface area contributed by atoms with E-state index < -0.39 is 14.6 Å². The number of amides is 1. The van der Waals surface area contributed by atoms with Gasteiger partial charge in [-0.15, -0.1) is 0 Å². The van der Waals surface area contributed by atoms with Crippen LogP contribution in [0.25, 0.3) is 0 Å². The lowest BCUT2D eigenvalue weighted by Gasteiger charge is -2.33. The molecule has 1 heterocycles. The van der Waals surface area contributed by atoms with Gasteiger partial charge in [-0.05, 0) is 44.0 Å². The molecule has 0 bridgehead atoms. The molecule has 150 valence electrons. The average Bonchev–Trinajstić information content (AvgIpc) is 3.19. The van der Waals surface area contributed by atoms with Crippen LogP contribution >= 0.6 is 11.6 Å². The number of nitrogens with zero attached hydrogens (tertiary/aromatic N) is 1. The van der Waals surface area contributed by atoms with Crippen LogP contribution in [0.3, 0.4) is 0 Å². The number of halogens is 1. The Balaban J connectivity index is 1.75. The highest BCUT2D eigenvalue weighted by Crippen LogP contribution is 2.41. The summed E-state index contributed by atoms with van der Waals surface area (Å²) in [5.41, 5.74) is 0. The topological polar surface area (TPSA) is 75.7 Å². The van der Waals surface area contributed by atoms with Crippen molar-refractivity contribution in [2.24, 2.45) is 0 Å². The molecule has 3 rings (SSSR count). The van der Waals surface area contributed by atoms with Crippen LogP contribution in [-0.2, 0) is 19.4 Å². The van der Waals surface area contributed by atoms with Crippen LogP contribution in [0.1, 0.15) is 32.6 Å². The maximum atomic E-state index is 13.3. The van der Waals surface area contributed by atoms with Gasteiger partial charge in [0.05, 0.1) is 18.1 Å². The largest absolute Gasteiger partial charge is 0.379 e. The molecule has 1 atom stereocenters. The zero-order valence-corrected chi connectivity index (χ0v) is 17.2. The number of nitrogens with one attached hydrogen (secondary N) is 1. The molecule has 6 nitrogen and oxygen atoms in total. The summed E-state index contributed by atoms with van der Waals surface area (Å²) in [6.45, 7) is 5.49. The number of sulfone groups is 1. The van der Waals surface area contributed by atoms with E-state index in [1.54, 1.807) is 12.1 Å². The molecule has 1 aliphatic carbocycles. The van der Waals surface area contributed by atoms with Gasteiger partial charge in [0, 0.05) is 30.7 Å². The fourth-order valence-electron chi connectivity index (χ4n) is 3.95. The molecule has 1 aromatic carbocycles. The highest BCUT2D eigenvalue weighted by Gasteiger charge is 2.52. The first-order chi connectivity index (χ1) is 12.9. The Hall–Kier alpha value is -1.15. The minimum Gasteiger partial charge on any atom is -0.379 e. The van der Waals surface area contributed by atoms with Gasteiger partial charge in [0.15, 0.2) is 14.6 Å². The number of carbonyl (C=O) groups is 1. The van der Waals surface area contributed by atoms with Gasteiger partial charge in [0.1, 0.15) is 0 Å². The lowest BCUT2D eigenvalue weighted by Crippen LogP contribution is -2.54. The molecule has 1 unspecified atom stereocenters. The molecule has 1 aliphatic heterocycles. The van der Waals surface area contributed by atoms with E-state index in [1.165, 1.54) is 12.1 Å². The van der Waals surface area contributed by atoms with Crippen molar-refractivity contribution in [3.63, 3.8) is 0 Å². The van der Waals surface area contributed by atoms with Crippen molar-refractivity contribution in [3.05, 3.63) is 29.3 Å². The Kier molecular flexibility index (Phi) is 6.46. The number of carbonyl (C=O) groups excluding carboxylic acids is 1. The molecule has 0 radical (unpaired) electrons. The lowest BCUT2D eigenvalue weighted by atomic mass is 10.1. The molecule has 1 amide bonds. The molecular weight excluding hydrogens is 388 g/mol. The summed E-state index contributed by atoms with van der Waals surface area (Å²) in [7, 11) is -3.79. The highest BCUT2D eigenvalue weighted by atomic mass is 35.5. The molecule has 0 aromatic heterocycles. The summed E-state index contributed by atoms with van der Waals surface area (Å²) < 4.78 is 30.6. The van der Waals surface area contributed by atoms with Crippen molar-refractivity contribution in [3.8, 4) is 0 Å². The van der Waals surface area contributed by atoms with Crippen LogP contribution in [0.5, 0.6) is 0 Å². The van der Waals surface area contributed by atoms with Crippen LogP contribution < -0.4 is 5.32 Å². The van der Waals surface area contributed by atoms with Gasteiger partial charge in [-0.1, -0.05) is 24.4 Å². The molecule has 1 N–H and O–H groups in total. The Bertz CT molecular complexity index is 754. The summed E-state index contributed by atoms with van der Waals surface area (Å²) in [5.74, 6) is -0.380. The van der Waals surface area contributed by atoms with E-state index in [9.17, 15) is 13.2 Å². The van der Waals surface area contributed by atoms with Crippen LogP contribution in [0.2, 0.25) is 5.02 Å². The second-order valence-corrected chi connectivity index (χ2v) is 10.1. The van der Waals surface area contributed by atoms with Crippen molar-refractivity contribution < 1.29 is 17.9 Å². The second kappa shape index (κ2) is 8.47. The first-order valence-corrected chi connectivity index (χ1v) is 11.3. The van der Waals surface area contributed by atoms with E-state index in [-0.39, 0.29) is 16.8 Å². The third kappa shape index (κ3) is 4.16. The predicted octanol–water partition coefficient (Wildman–Crippen LogP) is 2.26. The fraction of sp³-hybridized carbons (Fsp3) is 0.632. The van der Waals surface area contributed by atoms with Gasteiger partial charge in [-0.2, -0.15) is 0 Å². The van der Waals surface area contributed by atoms with Gasteiger partial charge < -0.3 is 10.1 Å². The number of hydrogen-bond donors (Lipinski definition) is 1. The van der Waals surface area contributed by atoms with E-state index in [0.717, 1.165) is 25.9 Å². The molecule has 0 spiro atoms. The maximum Gasteiger partial charge on any atom is 0.241 e. The van der Waals surface area contributed by atoms with Gasteiger partial charge >= 0.3 is 0 Å². The monoisotopic (exact) mass is 414 g/mol. The first-order valence-electron chi connectivity index (χ1n) is 9.47. The number of rotatable bonds is 6. The van der Waals surface area contributed by atoms with Crippen molar-refractivity contribution in [1.82, 2.24) is 10.2 Å². The van der Waals surface area contributed by atoms with Gasteiger partial charge in [-0.25, -0.2) is 8.42 Å². The predicted molar refractivity (Wildman–Crippen MR) is 105 cm³/mol. The molecule has 1 saturated carbocycles. The number of hydrogen-bond acceptors (Lipinski definition) is 5. The van der Waals surface area contributed by atoms with Crippen LogP contribution in [0.4, 0.5) is 0 Å². The third-order valence-corrected chi connectivity index (χ3v) is 8.46. The van der Waals surface area contributed by atoms with Crippen LogP contribution in [-0.4, -0.2) is 62.9 Å². The molecule has 2 fully saturated rings. The van der Waals surface area contributed by atoms with E-state index in [4.69, 9.17) is 16.3 Å². The zero-order valence-electron chi connectivity index (χ0n) is 15.6. The van der Waals surface area contributed by atoms with E-state index in [2.05, 4.69) is 10.2 Å². The summed E-state index contributed by atoms with van der Waals surface area (Å²) in [4.78, 5) is 15.5. The van der Waals surface area contributed by atoms with Gasteiger partial charge in [0.2, 0.25) is 5.91 Å². The van der Waals surface area contributed by atoms with Gasteiger partial charge in [-0.3, -0.25) is 9.69 Å². The molecule has 8 heteroatoms. The molecule has 27 heavy (non-hydrogen) atoms. The smallest absolute Gasteiger partial charge is 0.241 e. The number of benzene rings is 1. The molecular formula is C19H27ClN2O4S. The van der Waals surface area contributed by atoms with Crippen molar-refractivity contribution in [1.29, 1.82) is 0 Å². The third-order valence-electron chi connectivity index (χ3n) is 5.69. The summed E-state index contributed by atoms with van der Waals surface area (Å²) in [6, 6.07) is 6.21. The average molecular weight is 415 g/mol. The number of morpholine rings is 1. The summed E-state index contributed by atoms with van der Waals surface area (Å²) in [6.07, 6.45) is 2.18. The van der Waals surface area contributed by atoms with Crippen molar-refractivity contribution in [2.45, 2.75) is 48.3 Å². The summed E-state index contributed by atoms with van der Waals surface area (Å²) in [5, 5.41) is 3.39. The van der Waals surface area contributed by atoms with E-state index in [0.29, 0.717) is 37.6 Å². The lowest BCUT2D eigenvalue weighted by molar-refractivity contribution is -0.123. The Morgan fingerprint density at radius 3 is 2.41 bits per heavy atom. The molecule has 1 saturated heterocycles. The van der Waals surface area contributed by atoms with Crippen LogP contribution in [0.15, 0.2) is 29.2 Å². The standard InChI is InChI=1S/C19H27ClN2O4S/c1-15(22-10-12-26-13-11-22)14-21-18(23)19(8-2-3-9-19)27(24,25)17-6-4-16(20)5-7-17/h4-7,15H,2-3,8-14H2,1H3,(H,21,23). The van der Waals surface area contributed by atoms with Crippen LogP contribution in [0, 0.1) is 0 Å². The Morgan fingerprint density at radius 2 is 1.81 bits per heavy atom. The maximum absolute atomic E-state index is 13.3. The fourth-order valence-corrected chi connectivity index (χ4v) is 6.17. The minimum atomic E-state index is -3.79. The second-order valence-electron chi connectivity index (χ2n) is 7.37. The highest BCUT2D eigenvalue weighted by molar-refractivity contribution is 7.93. The number of ether oxygens (including phenoxy) is 1. The SMILES string of the molecule is CC(CNC(=O)C1(S(=O)(=O)c2ccc(Cl)cc2)CCCC1)N1CCOCC1. The van der Waals surface area contributed by atoms with Crippen molar-refractivity contribution in [2.75, 3.05) is 32.8 Å². The minimum absolute atomic E-state index is 0.134.